The Morgan fingerprint density at radius 1 is 1.35 bits per heavy atom. The molecule has 1 aromatic heterocycles. The lowest BCUT2D eigenvalue weighted by Crippen LogP contribution is -2.24. The van der Waals surface area contributed by atoms with Crippen molar-refractivity contribution >= 4 is 38.5 Å². The number of halogens is 2. The van der Waals surface area contributed by atoms with Gasteiger partial charge in [-0.1, -0.05) is 22.9 Å². The molecule has 0 aliphatic carbocycles. The van der Waals surface area contributed by atoms with Crippen LogP contribution in [0, 0.1) is 3.57 Å². The summed E-state index contributed by atoms with van der Waals surface area (Å²) in [4.78, 5) is 8.69. The van der Waals surface area contributed by atoms with Crippen LogP contribution in [0.1, 0.15) is 24.2 Å². The standard InChI is InChI=1S/C14H15BrIN3O/c1-3-17-12(10-8-9(15)4-5-11(10)16)13-14(20-2)19-7-6-18-13/h4-8,12,17H,3H2,1-2H3. The highest BCUT2D eigenvalue weighted by Crippen LogP contribution is 2.31. The van der Waals surface area contributed by atoms with Gasteiger partial charge >= 0.3 is 0 Å². The molecule has 0 saturated heterocycles. The van der Waals surface area contributed by atoms with Crippen LogP contribution in [0.15, 0.2) is 35.1 Å². The van der Waals surface area contributed by atoms with Crippen molar-refractivity contribution in [2.24, 2.45) is 0 Å². The van der Waals surface area contributed by atoms with Crippen molar-refractivity contribution < 1.29 is 4.74 Å². The van der Waals surface area contributed by atoms with Crippen LogP contribution in [0.25, 0.3) is 0 Å². The number of nitrogens with zero attached hydrogens (tertiary/aromatic N) is 2. The lowest BCUT2D eigenvalue weighted by atomic mass is 10.0. The maximum Gasteiger partial charge on any atom is 0.237 e. The molecule has 1 unspecified atom stereocenters. The van der Waals surface area contributed by atoms with Crippen molar-refractivity contribution in [3.8, 4) is 5.88 Å². The normalized spacial score (nSPS) is 12.2. The first-order valence-electron chi connectivity index (χ1n) is 6.20. The molecule has 0 aliphatic rings. The molecule has 0 spiro atoms. The Bertz CT molecular complexity index is 594. The summed E-state index contributed by atoms with van der Waals surface area (Å²) in [5, 5.41) is 3.45. The summed E-state index contributed by atoms with van der Waals surface area (Å²) in [7, 11) is 1.61. The molecule has 1 aromatic carbocycles. The lowest BCUT2D eigenvalue weighted by molar-refractivity contribution is 0.383. The molecule has 0 amide bonds. The Morgan fingerprint density at radius 3 is 2.80 bits per heavy atom. The van der Waals surface area contributed by atoms with Gasteiger partial charge in [0.1, 0.15) is 5.69 Å². The zero-order valence-corrected chi connectivity index (χ0v) is 15.0. The van der Waals surface area contributed by atoms with E-state index < -0.39 is 0 Å². The summed E-state index contributed by atoms with van der Waals surface area (Å²) in [5.74, 6) is 0.550. The molecule has 1 atom stereocenters. The van der Waals surface area contributed by atoms with Crippen molar-refractivity contribution in [3.63, 3.8) is 0 Å². The topological polar surface area (TPSA) is 47.0 Å². The Morgan fingerprint density at radius 2 is 2.10 bits per heavy atom. The van der Waals surface area contributed by atoms with Crippen molar-refractivity contribution in [2.75, 3.05) is 13.7 Å². The molecule has 0 fully saturated rings. The van der Waals surface area contributed by atoms with Crippen LogP contribution in [-0.2, 0) is 0 Å². The van der Waals surface area contributed by atoms with E-state index in [1.807, 2.05) is 6.07 Å². The summed E-state index contributed by atoms with van der Waals surface area (Å²) in [6.45, 7) is 2.90. The highest BCUT2D eigenvalue weighted by molar-refractivity contribution is 14.1. The lowest BCUT2D eigenvalue weighted by Gasteiger charge is -2.20. The third-order valence-corrected chi connectivity index (χ3v) is 4.31. The van der Waals surface area contributed by atoms with Gasteiger partial charge in [-0.05, 0) is 52.9 Å². The first kappa shape index (κ1) is 15.7. The molecule has 0 bridgehead atoms. The van der Waals surface area contributed by atoms with Gasteiger partial charge < -0.3 is 10.1 Å². The van der Waals surface area contributed by atoms with E-state index in [9.17, 15) is 0 Å². The van der Waals surface area contributed by atoms with Crippen LogP contribution >= 0.6 is 38.5 Å². The van der Waals surface area contributed by atoms with E-state index in [2.05, 4.69) is 72.9 Å². The predicted octanol–water partition coefficient (Wildman–Crippen LogP) is 3.55. The molecule has 2 rings (SSSR count). The van der Waals surface area contributed by atoms with Gasteiger partial charge in [0, 0.05) is 20.4 Å². The molecule has 6 heteroatoms. The van der Waals surface area contributed by atoms with Crippen LogP contribution in [-0.4, -0.2) is 23.6 Å². The first-order chi connectivity index (χ1) is 9.67. The van der Waals surface area contributed by atoms with Gasteiger partial charge in [-0.15, -0.1) is 0 Å². The number of hydrogen-bond donors (Lipinski definition) is 1. The molecule has 20 heavy (non-hydrogen) atoms. The van der Waals surface area contributed by atoms with E-state index >= 15 is 0 Å². The summed E-state index contributed by atoms with van der Waals surface area (Å²) in [5.41, 5.74) is 1.95. The minimum atomic E-state index is -0.0481. The highest BCUT2D eigenvalue weighted by atomic mass is 127. The maximum absolute atomic E-state index is 5.34. The molecule has 4 nitrogen and oxygen atoms in total. The van der Waals surface area contributed by atoms with E-state index in [1.165, 1.54) is 3.57 Å². The van der Waals surface area contributed by atoms with E-state index in [0.29, 0.717) is 5.88 Å². The molecule has 2 aromatic rings. The second-order valence-electron chi connectivity index (χ2n) is 4.11. The average Bonchev–Trinajstić information content (AvgIpc) is 2.47. The summed E-state index contributed by atoms with van der Waals surface area (Å²) < 4.78 is 7.55. The predicted molar refractivity (Wildman–Crippen MR) is 91.0 cm³/mol. The third-order valence-electron chi connectivity index (χ3n) is 2.84. The second kappa shape index (κ2) is 7.33. The van der Waals surface area contributed by atoms with Gasteiger partial charge in [-0.3, -0.25) is 4.98 Å². The minimum Gasteiger partial charge on any atom is -0.480 e. The smallest absolute Gasteiger partial charge is 0.237 e. The van der Waals surface area contributed by atoms with Gasteiger partial charge in [0.25, 0.3) is 0 Å². The van der Waals surface area contributed by atoms with Crippen molar-refractivity contribution in [2.45, 2.75) is 13.0 Å². The Kier molecular flexibility index (Phi) is 5.74. The van der Waals surface area contributed by atoms with Crippen LogP contribution in [0.5, 0.6) is 5.88 Å². The monoisotopic (exact) mass is 447 g/mol. The largest absolute Gasteiger partial charge is 0.480 e. The zero-order chi connectivity index (χ0) is 14.5. The summed E-state index contributed by atoms with van der Waals surface area (Å²) in [6, 6.07) is 6.16. The first-order valence-corrected chi connectivity index (χ1v) is 8.07. The van der Waals surface area contributed by atoms with Gasteiger partial charge in [-0.25, -0.2) is 4.98 Å². The van der Waals surface area contributed by atoms with E-state index in [4.69, 9.17) is 4.74 Å². The molecular formula is C14H15BrIN3O. The van der Waals surface area contributed by atoms with Crippen LogP contribution in [0.2, 0.25) is 0 Å². The van der Waals surface area contributed by atoms with Crippen molar-refractivity contribution in [1.29, 1.82) is 0 Å². The zero-order valence-electron chi connectivity index (χ0n) is 11.2. The Balaban J connectivity index is 2.53. The molecule has 0 aliphatic heterocycles. The van der Waals surface area contributed by atoms with Crippen molar-refractivity contribution in [1.82, 2.24) is 15.3 Å². The number of nitrogens with one attached hydrogen (secondary N) is 1. The number of rotatable bonds is 5. The SMILES string of the molecule is CCNC(c1cc(Br)ccc1I)c1nccnc1OC. The van der Waals surface area contributed by atoms with E-state index in [1.54, 1.807) is 19.5 Å². The number of benzene rings is 1. The Hall–Kier alpha value is -0.730. The maximum atomic E-state index is 5.34. The quantitative estimate of drug-likeness (QED) is 0.712. The fourth-order valence-corrected chi connectivity index (χ4v) is 3.01. The van der Waals surface area contributed by atoms with Crippen LogP contribution in [0.3, 0.4) is 0 Å². The molecule has 0 radical (unpaired) electrons. The Labute approximate surface area is 140 Å². The van der Waals surface area contributed by atoms with E-state index in [-0.39, 0.29) is 6.04 Å². The number of aromatic nitrogens is 2. The highest BCUT2D eigenvalue weighted by Gasteiger charge is 2.22. The van der Waals surface area contributed by atoms with Gasteiger partial charge in [0.15, 0.2) is 0 Å². The van der Waals surface area contributed by atoms with Crippen molar-refractivity contribution in [3.05, 3.63) is 49.9 Å². The number of methoxy groups -OCH3 is 1. The minimum absolute atomic E-state index is 0.0481. The van der Waals surface area contributed by atoms with E-state index in [0.717, 1.165) is 22.3 Å². The van der Waals surface area contributed by atoms with Gasteiger partial charge in [0.05, 0.1) is 13.2 Å². The van der Waals surface area contributed by atoms with Gasteiger partial charge in [-0.2, -0.15) is 0 Å². The van der Waals surface area contributed by atoms with Crippen LogP contribution in [0.4, 0.5) is 0 Å². The molecule has 1 heterocycles. The fourth-order valence-electron chi connectivity index (χ4n) is 1.99. The average molecular weight is 448 g/mol. The van der Waals surface area contributed by atoms with Crippen LogP contribution < -0.4 is 10.1 Å². The second-order valence-corrected chi connectivity index (χ2v) is 6.19. The third kappa shape index (κ3) is 3.48. The molecule has 1 N–H and O–H groups in total. The summed E-state index contributed by atoms with van der Waals surface area (Å²) >= 11 is 5.86. The molecule has 0 saturated carbocycles. The molecular weight excluding hydrogens is 433 g/mol. The number of hydrogen-bond acceptors (Lipinski definition) is 4. The summed E-state index contributed by atoms with van der Waals surface area (Å²) in [6.07, 6.45) is 3.32. The van der Waals surface area contributed by atoms with Gasteiger partial charge in [0.2, 0.25) is 5.88 Å². The fraction of sp³-hybridized carbons (Fsp3) is 0.286. The number of ether oxygens (including phenoxy) is 1. The molecule has 106 valence electrons.